The van der Waals surface area contributed by atoms with Crippen LogP contribution in [0.1, 0.15) is 92.1 Å². The van der Waals surface area contributed by atoms with Crippen molar-refractivity contribution in [2.24, 2.45) is 0 Å². The van der Waals surface area contributed by atoms with Gasteiger partial charge in [-0.25, -0.2) is 4.98 Å². The first-order valence-electron chi connectivity index (χ1n) is 21.3. The summed E-state index contributed by atoms with van der Waals surface area (Å²) in [5.41, 5.74) is 7.74. The summed E-state index contributed by atoms with van der Waals surface area (Å²) >= 11 is 12.4. The molecule has 0 bridgehead atoms. The van der Waals surface area contributed by atoms with E-state index in [0.717, 1.165) is 47.8 Å². The molecule has 0 aliphatic carbocycles. The molecule has 69 heavy (non-hydrogen) atoms. The molecule has 1 aliphatic rings. The number of hydrogen-bond donors (Lipinski definition) is 1. The molecule has 1 fully saturated rings. The van der Waals surface area contributed by atoms with Gasteiger partial charge in [-0.1, -0.05) is 85.9 Å². The van der Waals surface area contributed by atoms with E-state index in [1.165, 1.54) is 27.4 Å². The standard InChI is InChI=1S/C21H26BNO5.C15H14BrNO3.C8H9BrO.C7H6ClNO2/c1-14-16(13-26-18-11-10-15(12-24)19(23-18)25-6)8-7-9-17(14)22-27-20(2,3)21(4,5)28-22;1-10-12(4-3-5-13(10)16)9-20-14-7-6-11(8-18)15(17-14)19-2;1-6-7(5-10)3-2-4-8(6)9;1-11-7-5(4-10)2-3-6(8)9-7/h7-12H,13H2,1-6H3;3-8H,9H2,1-2H3;2-4,10H,5H2,1H3;2-4H,1H3. The van der Waals surface area contributed by atoms with E-state index >= 15 is 0 Å². The number of ether oxygens (including phenoxy) is 5. The summed E-state index contributed by atoms with van der Waals surface area (Å²) in [6.45, 7) is 15.0. The molecular weight excluding hydrogens is 1040 g/mol. The molecule has 1 saturated heterocycles. The van der Waals surface area contributed by atoms with Crippen molar-refractivity contribution in [2.75, 3.05) is 21.3 Å². The Kier molecular flexibility index (Phi) is 21.3. The second-order valence-electron chi connectivity index (χ2n) is 16.1. The van der Waals surface area contributed by atoms with E-state index in [1.54, 1.807) is 30.3 Å². The zero-order chi connectivity index (χ0) is 50.9. The third-order valence-electron chi connectivity index (χ3n) is 11.2. The number of nitrogens with zero attached hydrogens (tertiary/aromatic N) is 3. The van der Waals surface area contributed by atoms with Gasteiger partial charge in [-0.15, -0.1) is 0 Å². The third kappa shape index (κ3) is 15.2. The summed E-state index contributed by atoms with van der Waals surface area (Å²) in [5.74, 6) is 1.58. The van der Waals surface area contributed by atoms with Crippen LogP contribution in [0.25, 0.3) is 0 Å². The quantitative estimate of drug-likeness (QED) is 0.0620. The Morgan fingerprint density at radius 2 is 0.971 bits per heavy atom. The minimum absolute atomic E-state index is 0.116. The Hall–Kier alpha value is -5.69. The highest BCUT2D eigenvalue weighted by molar-refractivity contribution is 9.10. The molecule has 0 unspecified atom stereocenters. The van der Waals surface area contributed by atoms with Crippen molar-refractivity contribution in [3.8, 4) is 29.4 Å². The molecule has 0 radical (unpaired) electrons. The minimum Gasteiger partial charge on any atom is -0.480 e. The van der Waals surface area contributed by atoms with E-state index < -0.39 is 18.3 Å². The summed E-state index contributed by atoms with van der Waals surface area (Å²) in [6, 6.07) is 27.4. The number of benzene rings is 3. The molecule has 1 aliphatic heterocycles. The van der Waals surface area contributed by atoms with Gasteiger partial charge in [0.2, 0.25) is 29.4 Å². The summed E-state index contributed by atoms with van der Waals surface area (Å²) < 4.78 is 40.9. The van der Waals surface area contributed by atoms with Crippen LogP contribution in [0.2, 0.25) is 5.15 Å². The maximum atomic E-state index is 11.0. The summed E-state index contributed by atoms with van der Waals surface area (Å²) in [6.07, 6.45) is 2.07. The van der Waals surface area contributed by atoms with Gasteiger partial charge >= 0.3 is 7.12 Å². The Bertz CT molecular complexity index is 2690. The lowest BCUT2D eigenvalue weighted by Gasteiger charge is -2.32. The highest BCUT2D eigenvalue weighted by Gasteiger charge is 2.52. The van der Waals surface area contributed by atoms with Crippen molar-refractivity contribution in [3.63, 3.8) is 0 Å². The van der Waals surface area contributed by atoms with Crippen LogP contribution in [0.3, 0.4) is 0 Å². The number of methoxy groups -OCH3 is 3. The lowest BCUT2D eigenvalue weighted by atomic mass is 9.75. The molecule has 364 valence electrons. The van der Waals surface area contributed by atoms with Gasteiger partial charge in [0.15, 0.2) is 18.9 Å². The van der Waals surface area contributed by atoms with Crippen molar-refractivity contribution >= 4 is 74.9 Å². The number of carbonyl (C=O) groups excluding carboxylic acids is 3. The van der Waals surface area contributed by atoms with Crippen molar-refractivity contribution in [3.05, 3.63) is 155 Å². The van der Waals surface area contributed by atoms with Crippen LogP contribution in [0, 0.1) is 20.8 Å². The van der Waals surface area contributed by atoms with Crippen molar-refractivity contribution in [1.29, 1.82) is 0 Å². The van der Waals surface area contributed by atoms with Gasteiger partial charge in [0.05, 0.1) is 55.8 Å². The number of aliphatic hydroxyl groups excluding tert-OH is 1. The molecule has 1 N–H and O–H groups in total. The molecule has 4 heterocycles. The van der Waals surface area contributed by atoms with Crippen LogP contribution < -0.4 is 29.1 Å². The molecule has 3 aromatic heterocycles. The molecule has 0 saturated carbocycles. The van der Waals surface area contributed by atoms with Crippen molar-refractivity contribution in [2.45, 2.75) is 79.5 Å². The largest absolute Gasteiger partial charge is 0.495 e. The number of aromatic nitrogens is 3. The average Bonchev–Trinajstić information content (AvgIpc) is 3.57. The fourth-order valence-corrected chi connectivity index (χ4v) is 7.19. The van der Waals surface area contributed by atoms with Gasteiger partial charge in [-0.3, -0.25) is 14.4 Å². The molecule has 3 aromatic carbocycles. The Balaban J connectivity index is 0.000000219. The zero-order valence-corrected chi connectivity index (χ0v) is 44.0. The van der Waals surface area contributed by atoms with Crippen LogP contribution >= 0.6 is 43.5 Å². The number of pyridine rings is 3. The number of aldehydes is 3. The number of rotatable bonds is 14. The molecular formula is C51H55BBr2ClN3O11. The Labute approximate surface area is 425 Å². The topological polar surface area (TPSA) is 175 Å². The predicted molar refractivity (Wildman–Crippen MR) is 273 cm³/mol. The van der Waals surface area contributed by atoms with Crippen LogP contribution in [0.5, 0.6) is 29.4 Å². The highest BCUT2D eigenvalue weighted by Crippen LogP contribution is 2.37. The SMILES string of the molecule is COc1nc(Cl)ccc1C=O.COc1nc(OCc2cccc(B3OC(C)(C)C(C)(C)O3)c2C)ccc1C=O.COc1nc(OCc2cccc(Br)c2C)ccc1C=O.Cc1c(Br)cccc1CO. The monoisotopic (exact) mass is 1090 g/mol. The third-order valence-corrected chi connectivity index (χ3v) is 13.1. The second-order valence-corrected chi connectivity index (χ2v) is 18.2. The normalized spacial score (nSPS) is 12.9. The van der Waals surface area contributed by atoms with Crippen molar-refractivity contribution in [1.82, 2.24) is 15.0 Å². The van der Waals surface area contributed by atoms with Gasteiger partial charge in [0, 0.05) is 21.1 Å². The first-order chi connectivity index (χ1) is 32.9. The fourth-order valence-electron chi connectivity index (χ4n) is 6.24. The van der Waals surface area contributed by atoms with Crippen LogP contribution in [0.4, 0.5) is 0 Å². The predicted octanol–water partition coefficient (Wildman–Crippen LogP) is 10.4. The molecule has 0 atom stereocenters. The summed E-state index contributed by atoms with van der Waals surface area (Å²) in [5, 5.41) is 9.13. The molecule has 14 nitrogen and oxygen atoms in total. The lowest BCUT2D eigenvalue weighted by molar-refractivity contribution is 0.00578. The molecule has 0 spiro atoms. The molecule has 0 amide bonds. The lowest BCUT2D eigenvalue weighted by Crippen LogP contribution is -2.41. The first kappa shape index (κ1) is 55.9. The fraction of sp³-hybridized carbons (Fsp3) is 0.294. The maximum absolute atomic E-state index is 11.0. The van der Waals surface area contributed by atoms with E-state index in [9.17, 15) is 14.4 Å². The summed E-state index contributed by atoms with van der Waals surface area (Å²) in [7, 11) is 3.95. The molecule has 7 rings (SSSR count). The number of carbonyl (C=O) groups is 3. The maximum Gasteiger partial charge on any atom is 0.495 e. The van der Waals surface area contributed by atoms with E-state index in [-0.39, 0.29) is 24.2 Å². The van der Waals surface area contributed by atoms with E-state index in [2.05, 4.69) is 46.8 Å². The number of aliphatic hydroxyl groups is 1. The number of halogens is 3. The van der Waals surface area contributed by atoms with Crippen LogP contribution in [-0.4, -0.2) is 78.6 Å². The molecule has 18 heteroatoms. The smallest absolute Gasteiger partial charge is 0.480 e. The zero-order valence-electron chi connectivity index (χ0n) is 40.1. The van der Waals surface area contributed by atoms with E-state index in [1.807, 2.05) is 103 Å². The first-order valence-corrected chi connectivity index (χ1v) is 23.3. The van der Waals surface area contributed by atoms with Gasteiger partial charge in [-0.2, -0.15) is 9.97 Å². The average molecular weight is 1090 g/mol. The van der Waals surface area contributed by atoms with Gasteiger partial charge in [-0.05, 0) is 124 Å². The molecule has 6 aromatic rings. The highest BCUT2D eigenvalue weighted by atomic mass is 79.9. The second kappa shape index (κ2) is 26.3. The van der Waals surface area contributed by atoms with Gasteiger partial charge < -0.3 is 38.1 Å². The van der Waals surface area contributed by atoms with E-state index in [0.29, 0.717) is 65.7 Å². The van der Waals surface area contributed by atoms with E-state index in [4.69, 9.17) is 49.7 Å². The van der Waals surface area contributed by atoms with Gasteiger partial charge in [0.1, 0.15) is 18.4 Å². The van der Waals surface area contributed by atoms with Crippen LogP contribution in [-0.2, 0) is 29.1 Å². The Morgan fingerprint density at radius 1 is 0.580 bits per heavy atom. The van der Waals surface area contributed by atoms with Crippen molar-refractivity contribution < 1.29 is 52.5 Å². The minimum atomic E-state index is -0.421. The van der Waals surface area contributed by atoms with Gasteiger partial charge in [0.25, 0.3) is 0 Å². The Morgan fingerprint density at radius 3 is 1.39 bits per heavy atom. The number of hydrogen-bond acceptors (Lipinski definition) is 14. The summed E-state index contributed by atoms with van der Waals surface area (Å²) in [4.78, 5) is 44.3. The van der Waals surface area contributed by atoms with Crippen LogP contribution in [0.15, 0.2) is 99.9 Å².